The summed E-state index contributed by atoms with van der Waals surface area (Å²) in [6, 6.07) is 12.4. The number of carbonyl (C=O) groups is 3. The smallest absolute Gasteiger partial charge is 0.331 e. The zero-order valence-electron chi connectivity index (χ0n) is 17.5. The van der Waals surface area contributed by atoms with E-state index in [2.05, 4.69) is 11.9 Å². The fourth-order valence-corrected chi connectivity index (χ4v) is 3.12. The van der Waals surface area contributed by atoms with Gasteiger partial charge in [-0.2, -0.15) is 0 Å². The molecule has 1 aliphatic heterocycles. The van der Waals surface area contributed by atoms with Crippen molar-refractivity contribution in [3.63, 3.8) is 0 Å². The van der Waals surface area contributed by atoms with Crippen molar-refractivity contribution in [1.29, 1.82) is 0 Å². The largest absolute Gasteiger partial charge is 0.490 e. The lowest BCUT2D eigenvalue weighted by Gasteiger charge is -2.25. The van der Waals surface area contributed by atoms with Gasteiger partial charge < -0.3 is 9.47 Å². The third-order valence-corrected chi connectivity index (χ3v) is 4.55. The molecule has 0 aromatic heterocycles. The summed E-state index contributed by atoms with van der Waals surface area (Å²) in [5.41, 5.74) is 2.60. The van der Waals surface area contributed by atoms with Crippen LogP contribution in [0.3, 0.4) is 0 Å². The Kier molecular flexibility index (Phi) is 6.87. The molecule has 1 heterocycles. The van der Waals surface area contributed by atoms with Gasteiger partial charge in [-0.1, -0.05) is 42.0 Å². The monoisotopic (exact) mass is 420 g/mol. The minimum Gasteiger partial charge on any atom is -0.490 e. The molecule has 0 spiro atoms. The number of rotatable bonds is 8. The fourth-order valence-electron chi connectivity index (χ4n) is 3.12. The maximum atomic E-state index is 12.6. The summed E-state index contributed by atoms with van der Waals surface area (Å²) in [4.78, 5) is 37.6. The standard InChI is InChI=1S/C24H24N2O5/c1-4-11-26-23(28)19(22(27)25-24(26)29)13-17-9-10-20(21(14-17)30-5-2)31-15-18-8-6-7-16(3)12-18/h4,6-10,12-14H,1,5,11,15H2,2-3H3,(H,25,27,29)/b19-13-. The summed E-state index contributed by atoms with van der Waals surface area (Å²) in [5.74, 6) is -0.375. The Morgan fingerprint density at radius 1 is 1.06 bits per heavy atom. The summed E-state index contributed by atoms with van der Waals surface area (Å²) in [7, 11) is 0. The zero-order chi connectivity index (χ0) is 22.4. The minimum absolute atomic E-state index is 0.00518. The summed E-state index contributed by atoms with van der Waals surface area (Å²) in [5, 5.41) is 2.16. The molecule has 0 radical (unpaired) electrons. The van der Waals surface area contributed by atoms with E-state index in [1.54, 1.807) is 18.2 Å². The van der Waals surface area contributed by atoms with E-state index in [1.165, 1.54) is 12.2 Å². The molecule has 0 unspecified atom stereocenters. The maximum absolute atomic E-state index is 12.6. The van der Waals surface area contributed by atoms with Crippen LogP contribution in [-0.2, 0) is 16.2 Å². The van der Waals surface area contributed by atoms with Crippen LogP contribution in [0.5, 0.6) is 11.5 Å². The van der Waals surface area contributed by atoms with E-state index in [0.717, 1.165) is 16.0 Å². The van der Waals surface area contributed by atoms with Gasteiger partial charge in [-0.15, -0.1) is 6.58 Å². The van der Waals surface area contributed by atoms with Gasteiger partial charge in [0.05, 0.1) is 6.61 Å². The van der Waals surface area contributed by atoms with E-state index in [4.69, 9.17) is 9.47 Å². The lowest BCUT2D eigenvalue weighted by Crippen LogP contribution is -2.54. The molecule has 0 atom stereocenters. The van der Waals surface area contributed by atoms with Crippen molar-refractivity contribution in [2.75, 3.05) is 13.2 Å². The van der Waals surface area contributed by atoms with E-state index in [9.17, 15) is 14.4 Å². The van der Waals surface area contributed by atoms with Crippen molar-refractivity contribution in [1.82, 2.24) is 10.2 Å². The third kappa shape index (κ3) is 5.19. The van der Waals surface area contributed by atoms with Gasteiger partial charge >= 0.3 is 6.03 Å². The topological polar surface area (TPSA) is 84.9 Å². The zero-order valence-corrected chi connectivity index (χ0v) is 17.5. The molecular formula is C24H24N2O5. The van der Waals surface area contributed by atoms with Crippen LogP contribution in [-0.4, -0.2) is 35.9 Å². The van der Waals surface area contributed by atoms with E-state index < -0.39 is 17.8 Å². The van der Waals surface area contributed by atoms with Gasteiger partial charge in [0.2, 0.25) is 0 Å². The highest BCUT2D eigenvalue weighted by atomic mass is 16.5. The number of hydrogen-bond donors (Lipinski definition) is 1. The molecule has 0 aliphatic carbocycles. The van der Waals surface area contributed by atoms with E-state index in [0.29, 0.717) is 30.3 Å². The first kappa shape index (κ1) is 21.8. The second-order valence-corrected chi connectivity index (χ2v) is 6.94. The Labute approximate surface area is 181 Å². The summed E-state index contributed by atoms with van der Waals surface area (Å²) < 4.78 is 11.6. The van der Waals surface area contributed by atoms with Gasteiger partial charge in [0.1, 0.15) is 12.2 Å². The number of nitrogens with one attached hydrogen (secondary N) is 1. The Hall–Kier alpha value is -3.87. The molecule has 160 valence electrons. The molecule has 1 N–H and O–H groups in total. The molecule has 7 nitrogen and oxygen atoms in total. The quantitative estimate of drug-likeness (QED) is 0.401. The number of hydrogen-bond acceptors (Lipinski definition) is 5. The third-order valence-electron chi connectivity index (χ3n) is 4.55. The number of urea groups is 1. The van der Waals surface area contributed by atoms with Crippen molar-refractivity contribution >= 4 is 23.9 Å². The molecule has 0 saturated carbocycles. The van der Waals surface area contributed by atoms with Crippen LogP contribution >= 0.6 is 0 Å². The van der Waals surface area contributed by atoms with Crippen LogP contribution in [0.4, 0.5) is 4.79 Å². The molecule has 4 amide bonds. The maximum Gasteiger partial charge on any atom is 0.331 e. The molecule has 1 saturated heterocycles. The highest BCUT2D eigenvalue weighted by Crippen LogP contribution is 2.30. The van der Waals surface area contributed by atoms with Crippen LogP contribution in [0.2, 0.25) is 0 Å². The van der Waals surface area contributed by atoms with Crippen molar-refractivity contribution in [2.45, 2.75) is 20.5 Å². The molecule has 1 fully saturated rings. The summed E-state index contributed by atoms with van der Waals surface area (Å²) in [6.07, 6.45) is 2.84. The second kappa shape index (κ2) is 9.75. The molecule has 31 heavy (non-hydrogen) atoms. The minimum atomic E-state index is -0.762. The Balaban J connectivity index is 1.85. The predicted octanol–water partition coefficient (Wildman–Crippen LogP) is 3.62. The predicted molar refractivity (Wildman–Crippen MR) is 117 cm³/mol. The Morgan fingerprint density at radius 3 is 2.58 bits per heavy atom. The number of nitrogens with zero attached hydrogens (tertiary/aromatic N) is 1. The number of imide groups is 2. The van der Waals surface area contributed by atoms with E-state index >= 15 is 0 Å². The van der Waals surface area contributed by atoms with Crippen LogP contribution in [0, 0.1) is 6.92 Å². The lowest BCUT2D eigenvalue weighted by atomic mass is 10.1. The number of ether oxygens (including phenoxy) is 2. The number of benzene rings is 2. The molecule has 0 bridgehead atoms. The summed E-state index contributed by atoms with van der Waals surface area (Å²) >= 11 is 0. The van der Waals surface area contributed by atoms with Gasteiger partial charge in [0.25, 0.3) is 11.8 Å². The van der Waals surface area contributed by atoms with Crippen molar-refractivity contribution in [3.05, 3.63) is 77.4 Å². The van der Waals surface area contributed by atoms with Gasteiger partial charge in [0, 0.05) is 6.54 Å². The van der Waals surface area contributed by atoms with Gasteiger partial charge in [-0.05, 0) is 43.2 Å². The van der Waals surface area contributed by atoms with E-state index in [-0.39, 0.29) is 12.1 Å². The van der Waals surface area contributed by atoms with Crippen LogP contribution in [0.1, 0.15) is 23.6 Å². The Morgan fingerprint density at radius 2 is 1.87 bits per heavy atom. The second-order valence-electron chi connectivity index (χ2n) is 6.94. The first-order valence-electron chi connectivity index (χ1n) is 9.88. The highest BCUT2D eigenvalue weighted by Gasteiger charge is 2.34. The van der Waals surface area contributed by atoms with Gasteiger partial charge in [0.15, 0.2) is 11.5 Å². The average Bonchev–Trinajstić information content (AvgIpc) is 2.74. The number of amides is 4. The normalized spacial score (nSPS) is 15.1. The first-order valence-corrected chi connectivity index (χ1v) is 9.88. The fraction of sp³-hybridized carbons (Fsp3) is 0.208. The van der Waals surface area contributed by atoms with Crippen LogP contribution in [0.15, 0.2) is 60.7 Å². The number of aryl methyl sites for hydroxylation is 1. The van der Waals surface area contributed by atoms with Crippen molar-refractivity contribution in [2.24, 2.45) is 0 Å². The molecule has 7 heteroatoms. The van der Waals surface area contributed by atoms with E-state index in [1.807, 2.05) is 38.1 Å². The first-order chi connectivity index (χ1) is 14.9. The van der Waals surface area contributed by atoms with Crippen molar-refractivity contribution in [3.8, 4) is 11.5 Å². The molecule has 1 aliphatic rings. The summed E-state index contributed by atoms with van der Waals surface area (Å²) in [6.45, 7) is 8.20. The SMILES string of the molecule is C=CCN1C(=O)NC(=O)/C(=C/c2ccc(OCc3cccc(C)c3)c(OCC)c2)C1=O. The molecule has 3 rings (SSSR count). The van der Waals surface area contributed by atoms with Gasteiger partial charge in [-0.3, -0.25) is 19.8 Å². The van der Waals surface area contributed by atoms with Crippen molar-refractivity contribution < 1.29 is 23.9 Å². The van der Waals surface area contributed by atoms with Gasteiger partial charge in [-0.25, -0.2) is 4.79 Å². The van der Waals surface area contributed by atoms with Crippen LogP contribution in [0.25, 0.3) is 6.08 Å². The number of carbonyl (C=O) groups excluding carboxylic acids is 3. The molecule has 2 aromatic carbocycles. The number of barbiturate groups is 1. The highest BCUT2D eigenvalue weighted by molar-refractivity contribution is 6.31. The lowest BCUT2D eigenvalue weighted by molar-refractivity contribution is -0.129. The molecule has 2 aromatic rings. The average molecular weight is 420 g/mol. The molecular weight excluding hydrogens is 396 g/mol. The van der Waals surface area contributed by atoms with Crippen LogP contribution < -0.4 is 14.8 Å². The Bertz CT molecular complexity index is 1060.